The van der Waals surface area contributed by atoms with E-state index < -0.39 is 17.6 Å². The monoisotopic (exact) mass is 428 g/mol. The lowest BCUT2D eigenvalue weighted by Crippen LogP contribution is -2.36. The minimum atomic E-state index is -4.58. The lowest BCUT2D eigenvalue weighted by Gasteiger charge is -2.29. The number of benzene rings is 2. The Bertz CT molecular complexity index is 788. The quantitative estimate of drug-likeness (QED) is 0.778. The molecule has 1 aliphatic rings. The molecule has 1 saturated heterocycles. The van der Waals surface area contributed by atoms with E-state index in [0.29, 0.717) is 32.0 Å². The maximum absolute atomic E-state index is 13.5. The van der Waals surface area contributed by atoms with Crippen LogP contribution in [-0.4, -0.2) is 32.2 Å². The Hall–Kier alpha value is -2.06. The van der Waals surface area contributed by atoms with E-state index in [1.54, 1.807) is 18.2 Å². The first kappa shape index (κ1) is 18.7. The van der Waals surface area contributed by atoms with Gasteiger partial charge >= 0.3 is 6.18 Å². The molecule has 0 aliphatic carbocycles. The first-order chi connectivity index (χ1) is 12.3. The van der Waals surface area contributed by atoms with Crippen LogP contribution in [0.2, 0.25) is 0 Å². The van der Waals surface area contributed by atoms with E-state index in [1.165, 1.54) is 18.2 Å². The van der Waals surface area contributed by atoms with E-state index >= 15 is 0 Å². The van der Waals surface area contributed by atoms with E-state index in [0.717, 1.165) is 10.5 Å². The van der Waals surface area contributed by atoms with Gasteiger partial charge < -0.3 is 15.0 Å². The van der Waals surface area contributed by atoms with Gasteiger partial charge in [0, 0.05) is 28.8 Å². The summed E-state index contributed by atoms with van der Waals surface area (Å²) in [6.07, 6.45) is -4.58. The average Bonchev–Trinajstić information content (AvgIpc) is 2.62. The fourth-order valence-corrected chi connectivity index (χ4v) is 2.95. The molecule has 1 amide bonds. The van der Waals surface area contributed by atoms with Gasteiger partial charge in [-0.1, -0.05) is 15.9 Å². The van der Waals surface area contributed by atoms with Gasteiger partial charge in [-0.3, -0.25) is 4.79 Å². The van der Waals surface area contributed by atoms with Gasteiger partial charge in [0.1, 0.15) is 0 Å². The molecule has 26 heavy (non-hydrogen) atoms. The van der Waals surface area contributed by atoms with Gasteiger partial charge in [0.15, 0.2) is 0 Å². The molecule has 0 saturated carbocycles. The van der Waals surface area contributed by atoms with Crippen LogP contribution >= 0.6 is 15.9 Å². The summed E-state index contributed by atoms with van der Waals surface area (Å²) in [5, 5.41) is 2.37. The van der Waals surface area contributed by atoms with Crippen molar-refractivity contribution in [2.45, 2.75) is 6.18 Å². The number of alkyl halides is 3. The third kappa shape index (κ3) is 4.37. The third-order valence-corrected chi connectivity index (χ3v) is 4.57. The molecule has 0 bridgehead atoms. The molecule has 4 nitrogen and oxygen atoms in total. The summed E-state index contributed by atoms with van der Waals surface area (Å²) in [5.41, 5.74) is -0.393. The summed E-state index contributed by atoms with van der Waals surface area (Å²) in [6, 6.07) is 10.3. The van der Waals surface area contributed by atoms with Crippen molar-refractivity contribution in [3.05, 3.63) is 58.1 Å². The zero-order valence-electron chi connectivity index (χ0n) is 13.6. The van der Waals surface area contributed by atoms with Crippen LogP contribution in [0.3, 0.4) is 0 Å². The van der Waals surface area contributed by atoms with E-state index in [1.807, 2.05) is 4.90 Å². The van der Waals surface area contributed by atoms with Crippen molar-refractivity contribution >= 4 is 33.2 Å². The molecule has 138 valence electrons. The molecule has 0 spiro atoms. The highest BCUT2D eigenvalue weighted by Crippen LogP contribution is 2.37. The Labute approximate surface area is 157 Å². The number of carbonyl (C=O) groups excluding carboxylic acids is 1. The molecule has 2 aromatic carbocycles. The Morgan fingerprint density at radius 2 is 1.73 bits per heavy atom. The van der Waals surface area contributed by atoms with Crippen LogP contribution in [0.1, 0.15) is 15.9 Å². The molecule has 0 unspecified atom stereocenters. The summed E-state index contributed by atoms with van der Waals surface area (Å²) < 4.78 is 46.5. The van der Waals surface area contributed by atoms with Gasteiger partial charge in [-0.05, 0) is 42.5 Å². The highest BCUT2D eigenvalue weighted by atomic mass is 79.9. The summed E-state index contributed by atoms with van der Waals surface area (Å²) in [5.74, 6) is -0.595. The predicted molar refractivity (Wildman–Crippen MR) is 96.6 cm³/mol. The fourth-order valence-electron chi connectivity index (χ4n) is 2.69. The SMILES string of the molecule is O=C(Nc1ccc(N2CCOCC2)cc1C(F)(F)F)c1ccc(Br)cc1. The number of hydrogen-bond donors (Lipinski definition) is 1. The number of halogens is 4. The molecule has 1 aliphatic heterocycles. The number of morpholine rings is 1. The number of hydrogen-bond acceptors (Lipinski definition) is 3. The Balaban J connectivity index is 1.88. The van der Waals surface area contributed by atoms with Crippen molar-refractivity contribution in [3.63, 3.8) is 0 Å². The van der Waals surface area contributed by atoms with Crippen molar-refractivity contribution in [1.82, 2.24) is 0 Å². The van der Waals surface area contributed by atoms with Crippen LogP contribution in [0.4, 0.5) is 24.5 Å². The van der Waals surface area contributed by atoms with Gasteiger partial charge in [0.2, 0.25) is 0 Å². The van der Waals surface area contributed by atoms with Crippen molar-refractivity contribution < 1.29 is 22.7 Å². The third-order valence-electron chi connectivity index (χ3n) is 4.04. The van der Waals surface area contributed by atoms with Crippen LogP contribution < -0.4 is 10.2 Å². The standard InChI is InChI=1S/C18H16BrF3N2O2/c19-13-3-1-12(2-4-13)17(25)23-16-6-5-14(11-15(16)18(20,21)22)24-7-9-26-10-8-24/h1-6,11H,7-10H2,(H,23,25). The summed E-state index contributed by atoms with van der Waals surface area (Å²) >= 11 is 3.25. The lowest BCUT2D eigenvalue weighted by atomic mass is 10.1. The minimum Gasteiger partial charge on any atom is -0.378 e. The second kappa shape index (κ2) is 7.67. The molecular weight excluding hydrogens is 413 g/mol. The van der Waals surface area contributed by atoms with E-state index in [2.05, 4.69) is 21.2 Å². The Kier molecular flexibility index (Phi) is 5.52. The largest absolute Gasteiger partial charge is 0.418 e. The Morgan fingerprint density at radius 1 is 1.08 bits per heavy atom. The average molecular weight is 429 g/mol. The molecular formula is C18H16BrF3N2O2. The van der Waals surface area contributed by atoms with E-state index in [-0.39, 0.29) is 11.3 Å². The maximum Gasteiger partial charge on any atom is 0.418 e. The molecule has 1 N–H and O–H groups in total. The smallest absolute Gasteiger partial charge is 0.378 e. The van der Waals surface area contributed by atoms with E-state index in [9.17, 15) is 18.0 Å². The lowest BCUT2D eigenvalue weighted by molar-refractivity contribution is -0.136. The van der Waals surface area contributed by atoms with Gasteiger partial charge in [0.05, 0.1) is 24.5 Å². The second-order valence-electron chi connectivity index (χ2n) is 5.79. The molecule has 8 heteroatoms. The first-order valence-electron chi connectivity index (χ1n) is 7.95. The predicted octanol–water partition coefficient (Wildman–Crippen LogP) is 4.56. The molecule has 3 rings (SSSR count). The molecule has 0 aromatic heterocycles. The maximum atomic E-state index is 13.5. The molecule has 1 fully saturated rings. The molecule has 2 aromatic rings. The highest BCUT2D eigenvalue weighted by molar-refractivity contribution is 9.10. The van der Waals surface area contributed by atoms with Gasteiger partial charge in [-0.25, -0.2) is 0 Å². The van der Waals surface area contributed by atoms with Crippen LogP contribution in [0, 0.1) is 0 Å². The minimum absolute atomic E-state index is 0.262. The van der Waals surface area contributed by atoms with E-state index in [4.69, 9.17) is 4.74 Å². The summed E-state index contributed by atoms with van der Waals surface area (Å²) in [4.78, 5) is 14.1. The van der Waals surface area contributed by atoms with Crippen molar-refractivity contribution in [2.24, 2.45) is 0 Å². The number of nitrogens with zero attached hydrogens (tertiary/aromatic N) is 1. The molecule has 1 heterocycles. The number of ether oxygens (including phenoxy) is 1. The number of carbonyl (C=O) groups is 1. The zero-order chi connectivity index (χ0) is 18.7. The highest BCUT2D eigenvalue weighted by Gasteiger charge is 2.35. The molecule has 0 radical (unpaired) electrons. The second-order valence-corrected chi connectivity index (χ2v) is 6.70. The van der Waals surface area contributed by atoms with Gasteiger partial charge in [-0.2, -0.15) is 13.2 Å². The number of anilines is 2. The zero-order valence-corrected chi connectivity index (χ0v) is 15.2. The van der Waals surface area contributed by atoms with Crippen molar-refractivity contribution in [1.29, 1.82) is 0 Å². The van der Waals surface area contributed by atoms with Gasteiger partial charge in [-0.15, -0.1) is 0 Å². The van der Waals surface area contributed by atoms with Crippen LogP contribution in [0.25, 0.3) is 0 Å². The molecule has 0 atom stereocenters. The normalized spacial score (nSPS) is 15.0. The number of rotatable bonds is 3. The van der Waals surface area contributed by atoms with Crippen LogP contribution in [0.5, 0.6) is 0 Å². The van der Waals surface area contributed by atoms with Gasteiger partial charge in [0.25, 0.3) is 5.91 Å². The summed E-state index contributed by atoms with van der Waals surface area (Å²) in [6.45, 7) is 2.01. The van der Waals surface area contributed by atoms with Crippen LogP contribution in [0.15, 0.2) is 46.9 Å². The topological polar surface area (TPSA) is 41.6 Å². The first-order valence-corrected chi connectivity index (χ1v) is 8.75. The van der Waals surface area contributed by atoms with Crippen LogP contribution in [-0.2, 0) is 10.9 Å². The summed E-state index contributed by atoms with van der Waals surface area (Å²) in [7, 11) is 0. The Morgan fingerprint density at radius 3 is 2.35 bits per heavy atom. The number of amides is 1. The van der Waals surface area contributed by atoms with Crippen molar-refractivity contribution in [2.75, 3.05) is 36.5 Å². The fraction of sp³-hybridized carbons (Fsp3) is 0.278. The van der Waals surface area contributed by atoms with Crippen molar-refractivity contribution in [3.8, 4) is 0 Å². The number of nitrogens with one attached hydrogen (secondary N) is 1.